The maximum atomic E-state index is 12.0. The van der Waals surface area contributed by atoms with Crippen LogP contribution in [0.1, 0.15) is 31.1 Å². The Balaban J connectivity index is 2.60. The van der Waals surface area contributed by atoms with Gasteiger partial charge in [0.1, 0.15) is 0 Å². The van der Waals surface area contributed by atoms with E-state index in [1.54, 1.807) is 18.2 Å². The molecule has 0 radical (unpaired) electrons. The van der Waals surface area contributed by atoms with E-state index in [9.17, 15) is 4.79 Å². The van der Waals surface area contributed by atoms with E-state index >= 15 is 0 Å². The minimum Gasteiger partial charge on any atom is -0.350 e. The van der Waals surface area contributed by atoms with Crippen LogP contribution in [0.4, 0.5) is 0 Å². The van der Waals surface area contributed by atoms with Crippen molar-refractivity contribution in [3.63, 3.8) is 0 Å². The summed E-state index contributed by atoms with van der Waals surface area (Å²) >= 11 is 11.8. The van der Waals surface area contributed by atoms with Crippen LogP contribution in [0.2, 0.25) is 10.0 Å². The number of rotatable bonds is 6. The molecule has 1 aromatic rings. The summed E-state index contributed by atoms with van der Waals surface area (Å²) in [7, 11) is 0. The normalized spacial score (nSPS) is 12.5. The fraction of sp³-hybridized carbons (Fsp3) is 0.500. The summed E-state index contributed by atoms with van der Waals surface area (Å²) in [5, 5.41) is 3.80. The van der Waals surface area contributed by atoms with E-state index < -0.39 is 0 Å². The fourth-order valence-electron chi connectivity index (χ4n) is 1.99. The number of hydrogen-bond donors (Lipinski definition) is 1. The minimum atomic E-state index is -0.166. The molecule has 0 aliphatic carbocycles. The van der Waals surface area contributed by atoms with E-state index in [0.29, 0.717) is 28.2 Å². The van der Waals surface area contributed by atoms with E-state index in [1.807, 2.05) is 0 Å². The molecule has 0 heterocycles. The van der Waals surface area contributed by atoms with Gasteiger partial charge in [-0.1, -0.05) is 37.0 Å². The fourth-order valence-corrected chi connectivity index (χ4v) is 2.48. The lowest BCUT2D eigenvalue weighted by molar-refractivity contribution is 0.0938. The Hall–Kier alpha value is -0.770. The van der Waals surface area contributed by atoms with Gasteiger partial charge in [0.2, 0.25) is 0 Å². The Bertz CT molecular complexity index is 433. The quantitative estimate of drug-likeness (QED) is 0.873. The molecule has 3 nitrogen and oxygen atoms in total. The Labute approximate surface area is 124 Å². The highest BCUT2D eigenvalue weighted by molar-refractivity contribution is 6.36. The summed E-state index contributed by atoms with van der Waals surface area (Å²) in [6.07, 6.45) is 0. The molecule has 19 heavy (non-hydrogen) atoms. The molecule has 106 valence electrons. The van der Waals surface area contributed by atoms with Crippen molar-refractivity contribution in [2.75, 3.05) is 19.6 Å². The molecular formula is C14H20Cl2N2O. The van der Waals surface area contributed by atoms with Gasteiger partial charge in [0.15, 0.2) is 0 Å². The maximum Gasteiger partial charge on any atom is 0.252 e. The number of likely N-dealkylation sites (N-methyl/N-ethyl adjacent to an activating group) is 1. The van der Waals surface area contributed by atoms with Crippen molar-refractivity contribution >= 4 is 29.1 Å². The van der Waals surface area contributed by atoms with E-state index in [2.05, 4.69) is 31.0 Å². The zero-order chi connectivity index (χ0) is 14.4. The van der Waals surface area contributed by atoms with Crippen molar-refractivity contribution < 1.29 is 4.79 Å². The van der Waals surface area contributed by atoms with Gasteiger partial charge in [0.05, 0.1) is 10.6 Å². The van der Waals surface area contributed by atoms with Crippen LogP contribution in [-0.4, -0.2) is 36.5 Å². The van der Waals surface area contributed by atoms with Crippen LogP contribution in [0.25, 0.3) is 0 Å². The van der Waals surface area contributed by atoms with E-state index in [0.717, 1.165) is 13.1 Å². The summed E-state index contributed by atoms with van der Waals surface area (Å²) in [6.45, 7) is 8.84. The molecule has 1 rings (SSSR count). The van der Waals surface area contributed by atoms with Crippen LogP contribution in [0, 0.1) is 0 Å². The maximum absolute atomic E-state index is 12.0. The van der Waals surface area contributed by atoms with E-state index in [4.69, 9.17) is 23.2 Å². The highest BCUT2D eigenvalue weighted by Gasteiger charge is 2.14. The van der Waals surface area contributed by atoms with Crippen LogP contribution >= 0.6 is 23.2 Å². The molecule has 1 aromatic carbocycles. The highest BCUT2D eigenvalue weighted by atomic mass is 35.5. The monoisotopic (exact) mass is 302 g/mol. The Morgan fingerprint density at radius 2 is 1.95 bits per heavy atom. The number of hydrogen-bond acceptors (Lipinski definition) is 2. The average molecular weight is 303 g/mol. The number of halogens is 2. The first-order valence-corrected chi connectivity index (χ1v) is 7.22. The smallest absolute Gasteiger partial charge is 0.252 e. The zero-order valence-electron chi connectivity index (χ0n) is 11.5. The molecule has 0 fully saturated rings. The topological polar surface area (TPSA) is 32.3 Å². The van der Waals surface area contributed by atoms with Gasteiger partial charge < -0.3 is 5.32 Å². The standard InChI is InChI=1S/C14H20Cl2N2O/c1-4-18(5-2)10(3)9-17-14(19)12-7-6-11(15)8-13(12)16/h6-8,10H,4-5,9H2,1-3H3,(H,17,19). The van der Waals surface area contributed by atoms with Crippen molar-refractivity contribution in [1.29, 1.82) is 0 Å². The third kappa shape index (κ3) is 4.68. The van der Waals surface area contributed by atoms with Gasteiger partial charge >= 0.3 is 0 Å². The second kappa shape index (κ2) is 7.73. The summed E-state index contributed by atoms with van der Waals surface area (Å²) in [5.74, 6) is -0.166. The van der Waals surface area contributed by atoms with Crippen molar-refractivity contribution in [2.45, 2.75) is 26.8 Å². The van der Waals surface area contributed by atoms with Gasteiger partial charge in [-0.25, -0.2) is 0 Å². The van der Waals surface area contributed by atoms with Gasteiger partial charge in [-0.3, -0.25) is 9.69 Å². The molecule has 1 unspecified atom stereocenters. The molecule has 5 heteroatoms. The number of carbonyl (C=O) groups is 1. The third-order valence-electron chi connectivity index (χ3n) is 3.17. The van der Waals surface area contributed by atoms with Crippen LogP contribution < -0.4 is 5.32 Å². The van der Waals surface area contributed by atoms with Crippen molar-refractivity contribution in [2.24, 2.45) is 0 Å². The van der Waals surface area contributed by atoms with Gasteiger partial charge in [0, 0.05) is 17.6 Å². The minimum absolute atomic E-state index is 0.166. The number of nitrogens with zero attached hydrogens (tertiary/aromatic N) is 1. The summed E-state index contributed by atoms with van der Waals surface area (Å²) in [4.78, 5) is 14.3. The number of benzene rings is 1. The van der Waals surface area contributed by atoms with Crippen LogP contribution in [0.15, 0.2) is 18.2 Å². The molecule has 0 saturated carbocycles. The molecule has 0 spiro atoms. The van der Waals surface area contributed by atoms with Gasteiger partial charge in [-0.15, -0.1) is 0 Å². The van der Waals surface area contributed by atoms with Gasteiger partial charge in [-0.05, 0) is 38.2 Å². The molecule has 0 aromatic heterocycles. The number of amides is 1. The largest absolute Gasteiger partial charge is 0.350 e. The first-order valence-electron chi connectivity index (χ1n) is 6.46. The molecule has 0 aliphatic heterocycles. The molecule has 0 bridgehead atoms. The Morgan fingerprint density at radius 3 is 2.47 bits per heavy atom. The van der Waals surface area contributed by atoms with Crippen molar-refractivity contribution in [3.8, 4) is 0 Å². The number of carbonyl (C=O) groups excluding carboxylic acids is 1. The van der Waals surface area contributed by atoms with Crippen LogP contribution in [-0.2, 0) is 0 Å². The average Bonchev–Trinajstić information content (AvgIpc) is 2.37. The molecule has 0 saturated heterocycles. The predicted molar refractivity (Wildman–Crippen MR) is 81.2 cm³/mol. The summed E-state index contributed by atoms with van der Waals surface area (Å²) < 4.78 is 0. The molecule has 1 amide bonds. The summed E-state index contributed by atoms with van der Waals surface area (Å²) in [5.41, 5.74) is 0.456. The van der Waals surface area contributed by atoms with Crippen LogP contribution in [0.5, 0.6) is 0 Å². The molecule has 0 aliphatic rings. The summed E-state index contributed by atoms with van der Waals surface area (Å²) in [6, 6.07) is 5.18. The van der Waals surface area contributed by atoms with E-state index in [-0.39, 0.29) is 5.91 Å². The third-order valence-corrected chi connectivity index (χ3v) is 3.72. The highest BCUT2D eigenvalue weighted by Crippen LogP contribution is 2.20. The first kappa shape index (κ1) is 16.3. The second-order valence-corrected chi connectivity index (χ2v) is 5.25. The van der Waals surface area contributed by atoms with Gasteiger partial charge in [0.25, 0.3) is 5.91 Å². The molecular weight excluding hydrogens is 283 g/mol. The van der Waals surface area contributed by atoms with Gasteiger partial charge in [-0.2, -0.15) is 0 Å². The van der Waals surface area contributed by atoms with E-state index in [1.165, 1.54) is 0 Å². The Kier molecular flexibility index (Phi) is 6.63. The second-order valence-electron chi connectivity index (χ2n) is 4.40. The lowest BCUT2D eigenvalue weighted by atomic mass is 10.2. The SMILES string of the molecule is CCN(CC)C(C)CNC(=O)c1ccc(Cl)cc1Cl. The molecule has 1 N–H and O–H groups in total. The lowest BCUT2D eigenvalue weighted by Crippen LogP contribution is -2.42. The number of nitrogens with one attached hydrogen (secondary N) is 1. The van der Waals surface area contributed by atoms with Crippen molar-refractivity contribution in [1.82, 2.24) is 10.2 Å². The Morgan fingerprint density at radius 1 is 1.32 bits per heavy atom. The lowest BCUT2D eigenvalue weighted by Gasteiger charge is -2.26. The van der Waals surface area contributed by atoms with Crippen molar-refractivity contribution in [3.05, 3.63) is 33.8 Å². The van der Waals surface area contributed by atoms with Crippen LogP contribution in [0.3, 0.4) is 0 Å². The zero-order valence-corrected chi connectivity index (χ0v) is 13.1. The molecule has 1 atom stereocenters. The predicted octanol–water partition coefficient (Wildman–Crippen LogP) is 3.45. The first-order chi connectivity index (χ1) is 8.99.